The van der Waals surface area contributed by atoms with Crippen LogP contribution in [0.25, 0.3) is 0 Å². The minimum absolute atomic E-state index is 0.156. The summed E-state index contributed by atoms with van der Waals surface area (Å²) in [5.74, 6) is -1.05. The number of carbonyl (C=O) groups is 1. The van der Waals surface area contributed by atoms with E-state index < -0.39 is 49.4 Å². The van der Waals surface area contributed by atoms with E-state index in [4.69, 9.17) is 4.74 Å². The van der Waals surface area contributed by atoms with E-state index in [1.165, 1.54) is 39.3 Å². The summed E-state index contributed by atoms with van der Waals surface area (Å²) >= 11 is 0. The molecule has 1 aliphatic rings. The molecule has 11 heteroatoms. The third-order valence-electron chi connectivity index (χ3n) is 3.92. The van der Waals surface area contributed by atoms with Crippen LogP contribution in [0.15, 0.2) is 23.1 Å². The predicted octanol–water partition coefficient (Wildman–Crippen LogP) is -0.568. The SMILES string of the molecule is COc1ccc(S(=O)(=O)N(C)[C@H]2CS(=O)(=O)C[C@@H]2O)cc1NC(C)=O. The van der Waals surface area contributed by atoms with E-state index in [-0.39, 0.29) is 16.3 Å². The molecule has 1 aliphatic heterocycles. The van der Waals surface area contributed by atoms with Crippen molar-refractivity contribution in [2.24, 2.45) is 0 Å². The average Bonchev–Trinajstić information content (AvgIpc) is 2.78. The summed E-state index contributed by atoms with van der Waals surface area (Å²) in [5.41, 5.74) is 0.170. The highest BCUT2D eigenvalue weighted by Gasteiger charge is 2.43. The van der Waals surface area contributed by atoms with Crippen LogP contribution in [-0.4, -0.2) is 70.0 Å². The van der Waals surface area contributed by atoms with E-state index in [1.807, 2.05) is 0 Å². The van der Waals surface area contributed by atoms with Gasteiger partial charge in [0.1, 0.15) is 5.75 Å². The number of benzene rings is 1. The molecule has 0 radical (unpaired) electrons. The van der Waals surface area contributed by atoms with Crippen LogP contribution >= 0.6 is 0 Å². The van der Waals surface area contributed by atoms with Gasteiger partial charge in [0, 0.05) is 14.0 Å². The maximum atomic E-state index is 12.8. The lowest BCUT2D eigenvalue weighted by Crippen LogP contribution is -2.44. The maximum absolute atomic E-state index is 12.8. The van der Waals surface area contributed by atoms with Crippen molar-refractivity contribution in [3.05, 3.63) is 18.2 Å². The Morgan fingerprint density at radius 1 is 1.36 bits per heavy atom. The molecule has 0 aliphatic carbocycles. The molecule has 0 unspecified atom stereocenters. The zero-order valence-electron chi connectivity index (χ0n) is 14.0. The van der Waals surface area contributed by atoms with Gasteiger partial charge in [0.2, 0.25) is 15.9 Å². The quantitative estimate of drug-likeness (QED) is 0.686. The fraction of sp³-hybridized carbons (Fsp3) is 0.500. The zero-order chi connectivity index (χ0) is 19.0. The first-order chi connectivity index (χ1) is 11.5. The van der Waals surface area contributed by atoms with Gasteiger partial charge in [0.05, 0.1) is 41.3 Å². The van der Waals surface area contributed by atoms with Gasteiger partial charge in [0.25, 0.3) is 0 Å². The number of methoxy groups -OCH3 is 1. The highest BCUT2D eigenvalue weighted by atomic mass is 32.2. The maximum Gasteiger partial charge on any atom is 0.243 e. The van der Waals surface area contributed by atoms with Gasteiger partial charge in [0.15, 0.2) is 9.84 Å². The van der Waals surface area contributed by atoms with Crippen molar-refractivity contribution >= 4 is 31.5 Å². The summed E-state index contributed by atoms with van der Waals surface area (Å²) in [6.07, 6.45) is -1.29. The number of sulfone groups is 1. The molecular weight excluding hydrogens is 372 g/mol. The molecule has 0 aromatic heterocycles. The van der Waals surface area contributed by atoms with E-state index in [0.29, 0.717) is 0 Å². The van der Waals surface area contributed by atoms with E-state index in [9.17, 15) is 26.7 Å². The van der Waals surface area contributed by atoms with E-state index >= 15 is 0 Å². The summed E-state index contributed by atoms with van der Waals surface area (Å²) in [6, 6.07) is 2.82. The lowest BCUT2D eigenvalue weighted by molar-refractivity contribution is -0.114. The molecule has 1 aromatic carbocycles. The Bertz CT molecular complexity index is 880. The average molecular weight is 392 g/mol. The molecular formula is C14H20N2O7S2. The number of nitrogens with zero attached hydrogens (tertiary/aromatic N) is 1. The first-order valence-electron chi connectivity index (χ1n) is 7.30. The van der Waals surface area contributed by atoms with Crippen molar-refractivity contribution in [2.45, 2.75) is 24.0 Å². The number of likely N-dealkylation sites (N-methyl/N-ethyl adjacent to an activating group) is 1. The standard InChI is InChI=1S/C14H20N2O7S2/c1-9(17)15-11-6-10(4-5-14(11)23-3)25(21,22)16(2)12-7-24(19,20)8-13(12)18/h4-6,12-13,18H,7-8H2,1-3H3,(H,15,17)/t12-,13-/m0/s1. The summed E-state index contributed by atoms with van der Waals surface area (Å²) in [5, 5.41) is 12.4. The van der Waals surface area contributed by atoms with Crippen LogP contribution in [-0.2, 0) is 24.7 Å². The Kier molecular flexibility index (Phi) is 5.42. The first-order valence-corrected chi connectivity index (χ1v) is 10.6. The van der Waals surface area contributed by atoms with E-state index in [2.05, 4.69) is 5.32 Å². The van der Waals surface area contributed by atoms with Gasteiger partial charge in [-0.1, -0.05) is 0 Å². The second kappa shape index (κ2) is 6.90. The molecule has 140 valence electrons. The summed E-state index contributed by atoms with van der Waals surface area (Å²) in [4.78, 5) is 11.1. The third kappa shape index (κ3) is 4.11. The van der Waals surface area contributed by atoms with Crippen molar-refractivity contribution in [1.82, 2.24) is 4.31 Å². The Hall–Kier alpha value is -1.69. The minimum Gasteiger partial charge on any atom is -0.495 e. The number of aliphatic hydroxyl groups is 1. The van der Waals surface area contributed by atoms with Crippen molar-refractivity contribution in [2.75, 3.05) is 31.0 Å². The molecule has 0 bridgehead atoms. The number of aliphatic hydroxyl groups excluding tert-OH is 1. The molecule has 25 heavy (non-hydrogen) atoms. The molecule has 2 atom stereocenters. The number of amides is 1. The van der Waals surface area contributed by atoms with Crippen LogP contribution < -0.4 is 10.1 Å². The third-order valence-corrected chi connectivity index (χ3v) is 7.50. The number of carbonyl (C=O) groups excluding carboxylic acids is 1. The molecule has 1 amide bonds. The largest absolute Gasteiger partial charge is 0.495 e. The topological polar surface area (TPSA) is 130 Å². The lowest BCUT2D eigenvalue weighted by atomic mass is 10.2. The van der Waals surface area contributed by atoms with Crippen LogP contribution in [0.1, 0.15) is 6.92 Å². The second-order valence-corrected chi connectivity index (χ2v) is 9.93. The summed E-state index contributed by atoms with van der Waals surface area (Å²) in [6.45, 7) is 1.27. The molecule has 1 fully saturated rings. The molecule has 9 nitrogen and oxygen atoms in total. The van der Waals surface area contributed by atoms with Crippen molar-refractivity contribution in [3.8, 4) is 5.75 Å². The van der Waals surface area contributed by atoms with Crippen molar-refractivity contribution in [3.63, 3.8) is 0 Å². The number of hydrogen-bond donors (Lipinski definition) is 2. The van der Waals surface area contributed by atoms with Crippen molar-refractivity contribution in [1.29, 1.82) is 0 Å². The van der Waals surface area contributed by atoms with Crippen LogP contribution in [0.3, 0.4) is 0 Å². The van der Waals surface area contributed by atoms with Gasteiger partial charge < -0.3 is 15.2 Å². The Balaban J connectivity index is 2.40. The molecule has 1 saturated heterocycles. The highest BCUT2D eigenvalue weighted by Crippen LogP contribution is 2.30. The molecule has 1 heterocycles. The van der Waals surface area contributed by atoms with Gasteiger partial charge >= 0.3 is 0 Å². The van der Waals surface area contributed by atoms with Crippen LogP contribution in [0.4, 0.5) is 5.69 Å². The molecule has 0 spiro atoms. The number of ether oxygens (including phenoxy) is 1. The van der Waals surface area contributed by atoms with Crippen LogP contribution in [0, 0.1) is 0 Å². The highest BCUT2D eigenvalue weighted by molar-refractivity contribution is 7.92. The number of hydrogen-bond acceptors (Lipinski definition) is 7. The molecule has 2 N–H and O–H groups in total. The number of nitrogens with one attached hydrogen (secondary N) is 1. The first kappa shape index (κ1) is 19.6. The summed E-state index contributed by atoms with van der Waals surface area (Å²) < 4.78 is 54.7. The minimum atomic E-state index is -4.09. The van der Waals surface area contributed by atoms with Gasteiger partial charge in [-0.3, -0.25) is 4.79 Å². The number of sulfonamides is 1. The van der Waals surface area contributed by atoms with Crippen molar-refractivity contribution < 1.29 is 31.5 Å². The fourth-order valence-corrected chi connectivity index (χ4v) is 5.99. The normalized spacial score (nSPS) is 22.8. The molecule has 0 saturated carbocycles. The number of rotatable bonds is 5. The van der Waals surface area contributed by atoms with Gasteiger partial charge in [-0.05, 0) is 18.2 Å². The lowest BCUT2D eigenvalue weighted by Gasteiger charge is -2.25. The monoisotopic (exact) mass is 392 g/mol. The van der Waals surface area contributed by atoms with Gasteiger partial charge in [-0.15, -0.1) is 0 Å². The Labute approximate surface area is 146 Å². The molecule has 2 rings (SSSR count). The Morgan fingerprint density at radius 3 is 2.48 bits per heavy atom. The van der Waals surface area contributed by atoms with Crippen LogP contribution in [0.5, 0.6) is 5.75 Å². The second-order valence-electron chi connectivity index (χ2n) is 5.78. The van der Waals surface area contributed by atoms with Crippen LogP contribution in [0.2, 0.25) is 0 Å². The molecule has 1 aromatic rings. The Morgan fingerprint density at radius 2 is 2.00 bits per heavy atom. The van der Waals surface area contributed by atoms with Gasteiger partial charge in [-0.25, -0.2) is 16.8 Å². The fourth-order valence-electron chi connectivity index (χ4n) is 2.64. The predicted molar refractivity (Wildman–Crippen MR) is 90.7 cm³/mol. The van der Waals surface area contributed by atoms with E-state index in [1.54, 1.807) is 0 Å². The number of anilines is 1. The zero-order valence-corrected chi connectivity index (χ0v) is 15.6. The van der Waals surface area contributed by atoms with E-state index in [0.717, 1.165) is 4.31 Å². The summed E-state index contributed by atoms with van der Waals surface area (Å²) in [7, 11) is -5.00. The smallest absolute Gasteiger partial charge is 0.243 e. The van der Waals surface area contributed by atoms with Gasteiger partial charge in [-0.2, -0.15) is 4.31 Å².